The summed E-state index contributed by atoms with van der Waals surface area (Å²) in [6.07, 6.45) is 0. The van der Waals surface area contributed by atoms with Crippen LogP contribution in [0, 0.1) is 0 Å². The van der Waals surface area contributed by atoms with Gasteiger partial charge in [0.25, 0.3) is 0 Å². The SMILES string of the molecule is c1ccc(-c2nc(-c3ccccc3)nc(-c3cccc(-c4cccc(-c5cc6c(cc5-c5cccc7c5oc5ccccc57)-c5ccccc5C65c6ccccc6-c6ccccc65)c4)c3)n2)cc1. The molecule has 0 saturated carbocycles. The quantitative estimate of drug-likeness (QED) is 0.167. The van der Waals surface area contributed by atoms with Crippen molar-refractivity contribution in [1.82, 2.24) is 15.0 Å². The molecule has 0 N–H and O–H groups in total. The average molecular weight is 866 g/mol. The monoisotopic (exact) mass is 865 g/mol. The van der Waals surface area contributed by atoms with Crippen LogP contribution in [0.15, 0.2) is 241 Å². The summed E-state index contributed by atoms with van der Waals surface area (Å²) in [5.41, 5.74) is 21.0. The topological polar surface area (TPSA) is 51.8 Å². The predicted molar refractivity (Wildman–Crippen MR) is 276 cm³/mol. The second-order valence-corrected chi connectivity index (χ2v) is 17.8. The molecule has 4 nitrogen and oxygen atoms in total. The molecule has 0 saturated heterocycles. The highest BCUT2D eigenvalue weighted by molar-refractivity contribution is 6.11. The highest BCUT2D eigenvalue weighted by Gasteiger charge is 2.51. The van der Waals surface area contributed by atoms with Crippen molar-refractivity contribution in [2.45, 2.75) is 5.41 Å². The summed E-state index contributed by atoms with van der Waals surface area (Å²) in [5, 5.41) is 2.22. The molecule has 0 amide bonds. The van der Waals surface area contributed by atoms with Crippen molar-refractivity contribution in [3.8, 4) is 89.8 Å². The maximum absolute atomic E-state index is 6.81. The second kappa shape index (κ2) is 15.0. The van der Waals surface area contributed by atoms with Crippen LogP contribution in [0.3, 0.4) is 0 Å². The summed E-state index contributed by atoms with van der Waals surface area (Å²) in [4.78, 5) is 15.1. The zero-order chi connectivity index (χ0) is 44.8. The van der Waals surface area contributed by atoms with Crippen LogP contribution in [0.5, 0.6) is 0 Å². The average Bonchev–Trinajstić information content (AvgIpc) is 4.05. The van der Waals surface area contributed by atoms with E-state index in [0.29, 0.717) is 17.5 Å². The summed E-state index contributed by atoms with van der Waals surface area (Å²) in [6, 6.07) is 84.8. The van der Waals surface area contributed by atoms with Gasteiger partial charge < -0.3 is 4.42 Å². The Hall–Kier alpha value is -8.99. The number of furan rings is 1. The van der Waals surface area contributed by atoms with E-state index in [4.69, 9.17) is 19.4 Å². The molecule has 1 spiro atoms. The third kappa shape index (κ3) is 5.71. The molecule has 0 fully saturated rings. The summed E-state index contributed by atoms with van der Waals surface area (Å²) in [6.45, 7) is 0. The van der Waals surface area contributed by atoms with Gasteiger partial charge in [0.2, 0.25) is 0 Å². The Kier molecular flexibility index (Phi) is 8.46. The van der Waals surface area contributed by atoms with Gasteiger partial charge in [-0.2, -0.15) is 0 Å². The minimum absolute atomic E-state index is 0.495. The molecule has 68 heavy (non-hydrogen) atoms. The molecule has 4 heteroatoms. The minimum Gasteiger partial charge on any atom is -0.455 e. The summed E-state index contributed by atoms with van der Waals surface area (Å²) >= 11 is 0. The fourth-order valence-corrected chi connectivity index (χ4v) is 11.2. The number of rotatable bonds is 6. The van der Waals surface area contributed by atoms with Gasteiger partial charge in [-0.1, -0.05) is 206 Å². The number of benzene rings is 10. The molecule has 2 aromatic heterocycles. The molecule has 2 aliphatic carbocycles. The lowest BCUT2D eigenvalue weighted by molar-refractivity contribution is 0.670. The molecule has 12 aromatic rings. The molecule has 10 aromatic carbocycles. The molecule has 0 unspecified atom stereocenters. The summed E-state index contributed by atoms with van der Waals surface area (Å²) < 4.78 is 6.81. The van der Waals surface area contributed by atoms with Crippen molar-refractivity contribution in [1.29, 1.82) is 0 Å². The van der Waals surface area contributed by atoms with Crippen LogP contribution in [-0.2, 0) is 5.41 Å². The van der Waals surface area contributed by atoms with Crippen molar-refractivity contribution < 1.29 is 4.42 Å². The number of aromatic nitrogens is 3. The number of hydrogen-bond donors (Lipinski definition) is 0. The highest BCUT2D eigenvalue weighted by Crippen LogP contribution is 2.64. The summed E-state index contributed by atoms with van der Waals surface area (Å²) in [7, 11) is 0. The first-order valence-electron chi connectivity index (χ1n) is 23.2. The highest BCUT2D eigenvalue weighted by atomic mass is 16.3. The Balaban J connectivity index is 0.988. The van der Waals surface area contributed by atoms with Gasteiger partial charge in [-0.25, -0.2) is 15.0 Å². The molecule has 0 aliphatic heterocycles. The van der Waals surface area contributed by atoms with Gasteiger partial charge in [0, 0.05) is 33.0 Å². The number of fused-ring (bicyclic) bond motifs is 13. The first-order chi connectivity index (χ1) is 33.7. The van der Waals surface area contributed by atoms with Crippen LogP contribution in [0.4, 0.5) is 0 Å². The molecule has 0 bridgehead atoms. The number of hydrogen-bond acceptors (Lipinski definition) is 4. The molecule has 316 valence electrons. The minimum atomic E-state index is -0.495. The van der Waals surface area contributed by atoms with E-state index in [9.17, 15) is 0 Å². The van der Waals surface area contributed by atoms with Crippen LogP contribution in [0.25, 0.3) is 112 Å². The van der Waals surface area contributed by atoms with Gasteiger partial charge >= 0.3 is 0 Å². The van der Waals surface area contributed by atoms with E-state index < -0.39 is 5.41 Å². The fraction of sp³-hybridized carbons (Fsp3) is 0.0156. The van der Waals surface area contributed by atoms with Gasteiger partial charge in [0.15, 0.2) is 17.5 Å². The van der Waals surface area contributed by atoms with Gasteiger partial charge in [-0.15, -0.1) is 0 Å². The van der Waals surface area contributed by atoms with E-state index in [0.717, 1.165) is 72.0 Å². The number of nitrogens with zero attached hydrogens (tertiary/aromatic N) is 3. The molecule has 0 atom stereocenters. The molecule has 14 rings (SSSR count). The van der Waals surface area contributed by atoms with Crippen LogP contribution < -0.4 is 0 Å². The Morgan fingerprint density at radius 1 is 0.265 bits per heavy atom. The lowest BCUT2D eigenvalue weighted by atomic mass is 9.70. The fourth-order valence-electron chi connectivity index (χ4n) is 11.2. The van der Waals surface area contributed by atoms with Crippen LogP contribution >= 0.6 is 0 Å². The Morgan fingerprint density at radius 2 is 0.706 bits per heavy atom. The smallest absolute Gasteiger partial charge is 0.164 e. The van der Waals surface area contributed by atoms with Crippen LogP contribution in [0.1, 0.15) is 22.3 Å². The Bertz CT molecular complexity index is 3880. The lowest BCUT2D eigenvalue weighted by Crippen LogP contribution is -2.25. The Labute approximate surface area is 393 Å². The lowest BCUT2D eigenvalue weighted by Gasteiger charge is -2.31. The van der Waals surface area contributed by atoms with Crippen molar-refractivity contribution in [2.75, 3.05) is 0 Å². The van der Waals surface area contributed by atoms with Crippen molar-refractivity contribution in [3.05, 3.63) is 259 Å². The van der Waals surface area contributed by atoms with Crippen molar-refractivity contribution >= 4 is 21.9 Å². The number of para-hydroxylation sites is 2. The van der Waals surface area contributed by atoms with E-state index in [1.54, 1.807) is 0 Å². The summed E-state index contributed by atoms with van der Waals surface area (Å²) in [5.74, 6) is 1.90. The standard InChI is InChI=1S/C64H39N3O/c1-3-18-40(19-4-1)61-65-62(41-20-5-2-6-21-41)67-63(66-61)45-25-16-23-43(37-45)42-22-15-24-44(36-42)52-39-58-54(38-53(52)51-31-17-30-50-49-29-10-14-35-59(49)68-60(50)51)48-28-9-13-34-57(48)64(58)55-32-11-7-26-46(55)47-27-8-12-33-56(47)64/h1-39H. The molecular formula is C64H39N3O. The van der Waals surface area contributed by atoms with Crippen molar-refractivity contribution in [2.24, 2.45) is 0 Å². The third-order valence-electron chi connectivity index (χ3n) is 14.2. The first kappa shape index (κ1) is 38.3. The van der Waals surface area contributed by atoms with E-state index in [-0.39, 0.29) is 0 Å². The molecule has 0 radical (unpaired) electrons. The van der Waals surface area contributed by atoms with Gasteiger partial charge in [-0.3, -0.25) is 0 Å². The predicted octanol–water partition coefficient (Wildman–Crippen LogP) is 16.1. The normalized spacial score (nSPS) is 12.8. The van der Waals surface area contributed by atoms with Gasteiger partial charge in [-0.05, 0) is 103 Å². The first-order valence-corrected chi connectivity index (χ1v) is 23.2. The zero-order valence-corrected chi connectivity index (χ0v) is 36.8. The van der Waals surface area contributed by atoms with Gasteiger partial charge in [0.05, 0.1) is 5.41 Å². The van der Waals surface area contributed by atoms with E-state index in [2.05, 4.69) is 170 Å². The second-order valence-electron chi connectivity index (χ2n) is 17.8. The largest absolute Gasteiger partial charge is 0.455 e. The molecule has 2 heterocycles. The van der Waals surface area contributed by atoms with Crippen molar-refractivity contribution in [3.63, 3.8) is 0 Å². The van der Waals surface area contributed by atoms with E-state index in [1.165, 1.54) is 44.5 Å². The van der Waals surface area contributed by atoms with Crippen LogP contribution in [0.2, 0.25) is 0 Å². The van der Waals surface area contributed by atoms with E-state index >= 15 is 0 Å². The van der Waals surface area contributed by atoms with Crippen LogP contribution in [-0.4, -0.2) is 15.0 Å². The zero-order valence-electron chi connectivity index (χ0n) is 36.8. The molecular weight excluding hydrogens is 827 g/mol. The Morgan fingerprint density at radius 3 is 1.34 bits per heavy atom. The maximum atomic E-state index is 6.81. The third-order valence-corrected chi connectivity index (χ3v) is 14.2. The van der Waals surface area contributed by atoms with E-state index in [1.807, 2.05) is 66.7 Å². The molecule has 2 aliphatic rings. The van der Waals surface area contributed by atoms with Gasteiger partial charge in [0.1, 0.15) is 11.2 Å². The maximum Gasteiger partial charge on any atom is 0.164 e.